The SMILES string of the molecule is C=CCCCCCNc1ccc(CCC)c(C(C)C)c1. The van der Waals surface area contributed by atoms with Gasteiger partial charge < -0.3 is 5.32 Å². The van der Waals surface area contributed by atoms with E-state index in [0.29, 0.717) is 5.92 Å². The lowest BCUT2D eigenvalue weighted by Gasteiger charge is -2.15. The molecular weight excluding hydrogens is 242 g/mol. The van der Waals surface area contributed by atoms with Gasteiger partial charge in [-0.2, -0.15) is 0 Å². The van der Waals surface area contributed by atoms with Gasteiger partial charge in [0.2, 0.25) is 0 Å². The van der Waals surface area contributed by atoms with Crippen LogP contribution in [0.15, 0.2) is 30.9 Å². The van der Waals surface area contributed by atoms with E-state index in [2.05, 4.69) is 50.9 Å². The first-order valence-corrected chi connectivity index (χ1v) is 8.16. The molecule has 0 fully saturated rings. The van der Waals surface area contributed by atoms with Crippen molar-refractivity contribution in [3.63, 3.8) is 0 Å². The third-order valence-corrected chi connectivity index (χ3v) is 3.70. The average Bonchev–Trinajstić information content (AvgIpc) is 2.44. The summed E-state index contributed by atoms with van der Waals surface area (Å²) in [5.74, 6) is 0.603. The molecule has 0 amide bonds. The molecule has 0 atom stereocenters. The fraction of sp³-hybridized carbons (Fsp3) is 0.579. The number of hydrogen-bond acceptors (Lipinski definition) is 1. The predicted molar refractivity (Wildman–Crippen MR) is 91.7 cm³/mol. The highest BCUT2D eigenvalue weighted by Crippen LogP contribution is 2.24. The fourth-order valence-corrected chi connectivity index (χ4v) is 2.56. The summed E-state index contributed by atoms with van der Waals surface area (Å²) in [6.45, 7) is 11.7. The van der Waals surface area contributed by atoms with Crippen molar-refractivity contribution in [3.05, 3.63) is 42.0 Å². The molecule has 0 bridgehead atoms. The zero-order valence-electron chi connectivity index (χ0n) is 13.5. The van der Waals surface area contributed by atoms with Crippen molar-refractivity contribution in [2.45, 2.75) is 65.2 Å². The lowest BCUT2D eigenvalue weighted by molar-refractivity contribution is 0.708. The fourth-order valence-electron chi connectivity index (χ4n) is 2.56. The van der Waals surface area contributed by atoms with E-state index in [4.69, 9.17) is 0 Å². The lowest BCUT2D eigenvalue weighted by Crippen LogP contribution is -2.04. The summed E-state index contributed by atoms with van der Waals surface area (Å²) >= 11 is 0. The van der Waals surface area contributed by atoms with Crippen molar-refractivity contribution in [2.75, 3.05) is 11.9 Å². The van der Waals surface area contributed by atoms with Gasteiger partial charge in [-0.3, -0.25) is 0 Å². The summed E-state index contributed by atoms with van der Waals surface area (Å²) in [5, 5.41) is 3.56. The highest BCUT2D eigenvalue weighted by Gasteiger charge is 2.07. The Morgan fingerprint density at radius 2 is 2.00 bits per heavy atom. The number of allylic oxidation sites excluding steroid dienone is 1. The van der Waals surface area contributed by atoms with Gasteiger partial charge in [-0.1, -0.05) is 45.8 Å². The zero-order valence-corrected chi connectivity index (χ0v) is 13.5. The summed E-state index contributed by atoms with van der Waals surface area (Å²) in [7, 11) is 0. The van der Waals surface area contributed by atoms with Crippen molar-refractivity contribution in [1.82, 2.24) is 0 Å². The van der Waals surface area contributed by atoms with Crippen LogP contribution in [0.4, 0.5) is 5.69 Å². The van der Waals surface area contributed by atoms with Crippen LogP contribution in [-0.4, -0.2) is 6.54 Å². The summed E-state index contributed by atoms with van der Waals surface area (Å²) in [6, 6.07) is 6.89. The summed E-state index contributed by atoms with van der Waals surface area (Å²) in [4.78, 5) is 0. The maximum atomic E-state index is 3.76. The molecule has 1 aromatic rings. The molecule has 1 nitrogen and oxygen atoms in total. The Hall–Kier alpha value is -1.24. The molecular formula is C19H31N. The minimum atomic E-state index is 0.603. The molecule has 1 N–H and O–H groups in total. The number of benzene rings is 1. The highest BCUT2D eigenvalue weighted by atomic mass is 14.9. The van der Waals surface area contributed by atoms with Crippen molar-refractivity contribution < 1.29 is 0 Å². The topological polar surface area (TPSA) is 12.0 Å². The molecule has 0 saturated carbocycles. The number of nitrogens with one attached hydrogen (secondary N) is 1. The average molecular weight is 273 g/mol. The van der Waals surface area contributed by atoms with E-state index in [0.717, 1.165) is 13.0 Å². The molecule has 0 aliphatic rings. The van der Waals surface area contributed by atoms with Crippen LogP contribution in [0, 0.1) is 0 Å². The summed E-state index contributed by atoms with van der Waals surface area (Å²) < 4.78 is 0. The van der Waals surface area contributed by atoms with Gasteiger partial charge in [-0.15, -0.1) is 6.58 Å². The summed E-state index contributed by atoms with van der Waals surface area (Å²) in [5.41, 5.74) is 4.29. The van der Waals surface area contributed by atoms with Crippen LogP contribution < -0.4 is 5.32 Å². The van der Waals surface area contributed by atoms with E-state index in [-0.39, 0.29) is 0 Å². The molecule has 0 aliphatic carbocycles. The Bertz CT molecular complexity index is 393. The predicted octanol–water partition coefficient (Wildman–Crippen LogP) is 5.92. The van der Waals surface area contributed by atoms with Crippen LogP contribution in [-0.2, 0) is 6.42 Å². The maximum Gasteiger partial charge on any atom is 0.0343 e. The van der Waals surface area contributed by atoms with E-state index >= 15 is 0 Å². The molecule has 1 heteroatoms. The van der Waals surface area contributed by atoms with E-state index in [1.54, 1.807) is 0 Å². The number of hydrogen-bond donors (Lipinski definition) is 1. The molecule has 0 aliphatic heterocycles. The molecule has 0 aromatic heterocycles. The van der Waals surface area contributed by atoms with Gasteiger partial charge in [0, 0.05) is 12.2 Å². The molecule has 0 spiro atoms. The second kappa shape index (κ2) is 9.63. The lowest BCUT2D eigenvalue weighted by atomic mass is 9.94. The maximum absolute atomic E-state index is 3.76. The second-order valence-electron chi connectivity index (χ2n) is 5.88. The van der Waals surface area contributed by atoms with Crippen molar-refractivity contribution >= 4 is 5.69 Å². The minimum absolute atomic E-state index is 0.603. The van der Waals surface area contributed by atoms with Crippen LogP contribution in [0.25, 0.3) is 0 Å². The van der Waals surface area contributed by atoms with E-state index < -0.39 is 0 Å². The molecule has 0 heterocycles. The molecule has 1 aromatic carbocycles. The molecule has 0 saturated heterocycles. The first-order chi connectivity index (χ1) is 9.69. The normalized spacial score (nSPS) is 10.8. The van der Waals surface area contributed by atoms with Crippen molar-refractivity contribution in [1.29, 1.82) is 0 Å². The van der Waals surface area contributed by atoms with E-state index in [1.807, 2.05) is 6.08 Å². The van der Waals surface area contributed by atoms with Crippen LogP contribution in [0.2, 0.25) is 0 Å². The minimum Gasteiger partial charge on any atom is -0.385 e. The van der Waals surface area contributed by atoms with Gasteiger partial charge in [0.25, 0.3) is 0 Å². The summed E-state index contributed by atoms with van der Waals surface area (Å²) in [6.07, 6.45) is 9.34. The monoisotopic (exact) mass is 273 g/mol. The van der Waals surface area contributed by atoms with Gasteiger partial charge in [-0.25, -0.2) is 0 Å². The molecule has 0 radical (unpaired) electrons. The standard InChI is InChI=1S/C19H31N/c1-5-7-8-9-10-14-20-18-13-12-17(11-6-2)19(15-18)16(3)4/h5,12-13,15-16,20H,1,6-11,14H2,2-4H3. The molecule has 1 rings (SSSR count). The number of unbranched alkanes of at least 4 members (excludes halogenated alkanes) is 3. The largest absolute Gasteiger partial charge is 0.385 e. The molecule has 0 unspecified atom stereocenters. The zero-order chi connectivity index (χ0) is 14.8. The third kappa shape index (κ3) is 5.81. The first-order valence-electron chi connectivity index (χ1n) is 8.16. The molecule has 20 heavy (non-hydrogen) atoms. The van der Waals surface area contributed by atoms with Crippen LogP contribution in [0.1, 0.15) is 69.9 Å². The van der Waals surface area contributed by atoms with Crippen LogP contribution in [0.5, 0.6) is 0 Å². The van der Waals surface area contributed by atoms with Gasteiger partial charge in [0.05, 0.1) is 0 Å². The Kier molecular flexibility index (Phi) is 8.10. The smallest absolute Gasteiger partial charge is 0.0343 e. The van der Waals surface area contributed by atoms with E-state index in [1.165, 1.54) is 48.9 Å². The Morgan fingerprint density at radius 3 is 2.65 bits per heavy atom. The van der Waals surface area contributed by atoms with Gasteiger partial charge in [0.1, 0.15) is 0 Å². The van der Waals surface area contributed by atoms with Crippen LogP contribution in [0.3, 0.4) is 0 Å². The Morgan fingerprint density at radius 1 is 1.20 bits per heavy atom. The van der Waals surface area contributed by atoms with Crippen LogP contribution >= 0.6 is 0 Å². The highest BCUT2D eigenvalue weighted by molar-refractivity contribution is 5.49. The van der Waals surface area contributed by atoms with Crippen molar-refractivity contribution in [3.8, 4) is 0 Å². The quantitative estimate of drug-likeness (QED) is 0.412. The molecule has 112 valence electrons. The number of rotatable bonds is 10. The van der Waals surface area contributed by atoms with Gasteiger partial charge in [-0.05, 0) is 54.9 Å². The van der Waals surface area contributed by atoms with Gasteiger partial charge >= 0.3 is 0 Å². The Labute approximate surface area is 125 Å². The Balaban J connectivity index is 2.50. The van der Waals surface area contributed by atoms with Crippen molar-refractivity contribution in [2.24, 2.45) is 0 Å². The number of anilines is 1. The third-order valence-electron chi connectivity index (χ3n) is 3.70. The van der Waals surface area contributed by atoms with Gasteiger partial charge in [0.15, 0.2) is 0 Å². The van der Waals surface area contributed by atoms with E-state index in [9.17, 15) is 0 Å². The first kappa shape index (κ1) is 16.8. The second-order valence-corrected chi connectivity index (χ2v) is 5.88. The number of aryl methyl sites for hydroxylation is 1.